The van der Waals surface area contributed by atoms with Crippen molar-refractivity contribution in [3.05, 3.63) is 22.9 Å². The molecule has 1 saturated carbocycles. The molecule has 1 aromatic heterocycles. The van der Waals surface area contributed by atoms with Crippen LogP contribution in [-0.4, -0.2) is 37.8 Å². The van der Waals surface area contributed by atoms with Gasteiger partial charge in [-0.3, -0.25) is 0 Å². The average molecular weight is 277 g/mol. The number of anilines is 1. The standard InChI is InChI=1S/C16H27N3O/c1-5-20-9-8-19(4)16-15(11-17-14-6-7-14)12(2)10-13(3)18-16/h10,14,17H,5-9,11H2,1-4H3. The van der Waals surface area contributed by atoms with Gasteiger partial charge >= 0.3 is 0 Å². The lowest BCUT2D eigenvalue weighted by atomic mass is 10.1. The number of aryl methyl sites for hydroxylation is 2. The summed E-state index contributed by atoms with van der Waals surface area (Å²) in [6, 6.07) is 2.89. The zero-order valence-corrected chi connectivity index (χ0v) is 13.2. The van der Waals surface area contributed by atoms with Crippen molar-refractivity contribution in [2.45, 2.75) is 46.2 Å². The van der Waals surface area contributed by atoms with Crippen molar-refractivity contribution < 1.29 is 4.74 Å². The molecular weight excluding hydrogens is 250 g/mol. The molecule has 0 amide bonds. The van der Waals surface area contributed by atoms with Crippen LogP contribution < -0.4 is 10.2 Å². The lowest BCUT2D eigenvalue weighted by molar-refractivity contribution is 0.154. The predicted octanol–water partition coefficient (Wildman–Crippen LogP) is 2.42. The zero-order chi connectivity index (χ0) is 14.5. The third-order valence-electron chi connectivity index (χ3n) is 3.74. The van der Waals surface area contributed by atoms with Gasteiger partial charge in [0, 0.05) is 44.0 Å². The second-order valence-corrected chi connectivity index (χ2v) is 5.66. The fraction of sp³-hybridized carbons (Fsp3) is 0.688. The highest BCUT2D eigenvalue weighted by atomic mass is 16.5. The van der Waals surface area contributed by atoms with Gasteiger partial charge in [0.25, 0.3) is 0 Å². The molecule has 1 N–H and O–H groups in total. The van der Waals surface area contributed by atoms with E-state index in [9.17, 15) is 0 Å². The molecule has 0 atom stereocenters. The molecule has 1 aliphatic carbocycles. The highest BCUT2D eigenvalue weighted by Crippen LogP contribution is 2.24. The van der Waals surface area contributed by atoms with Gasteiger partial charge in [-0.05, 0) is 45.2 Å². The Kier molecular flexibility index (Phi) is 5.38. The van der Waals surface area contributed by atoms with Gasteiger partial charge in [0.2, 0.25) is 0 Å². The van der Waals surface area contributed by atoms with E-state index in [2.05, 4.69) is 37.2 Å². The SMILES string of the molecule is CCOCCN(C)c1nc(C)cc(C)c1CNC1CC1. The molecule has 4 nitrogen and oxygen atoms in total. The largest absolute Gasteiger partial charge is 0.380 e. The molecule has 0 bridgehead atoms. The van der Waals surface area contributed by atoms with Crippen LogP contribution in [0.15, 0.2) is 6.07 Å². The highest BCUT2D eigenvalue weighted by Gasteiger charge is 2.22. The second kappa shape index (κ2) is 7.04. The summed E-state index contributed by atoms with van der Waals surface area (Å²) < 4.78 is 5.45. The van der Waals surface area contributed by atoms with Gasteiger partial charge in [-0.2, -0.15) is 0 Å². The minimum Gasteiger partial charge on any atom is -0.380 e. The van der Waals surface area contributed by atoms with Crippen LogP contribution in [0.1, 0.15) is 36.6 Å². The summed E-state index contributed by atoms with van der Waals surface area (Å²) in [7, 11) is 2.10. The highest BCUT2D eigenvalue weighted by molar-refractivity contribution is 5.51. The van der Waals surface area contributed by atoms with Crippen LogP contribution in [0.3, 0.4) is 0 Å². The fourth-order valence-electron chi connectivity index (χ4n) is 2.36. The summed E-state index contributed by atoms with van der Waals surface area (Å²) in [5.41, 5.74) is 3.72. The number of aromatic nitrogens is 1. The van der Waals surface area contributed by atoms with Gasteiger partial charge in [0.1, 0.15) is 5.82 Å². The van der Waals surface area contributed by atoms with Crippen LogP contribution in [0.4, 0.5) is 5.82 Å². The predicted molar refractivity (Wildman–Crippen MR) is 83.3 cm³/mol. The summed E-state index contributed by atoms with van der Waals surface area (Å²) in [6.45, 7) is 9.57. The number of pyridine rings is 1. The first-order chi connectivity index (χ1) is 9.61. The van der Waals surface area contributed by atoms with Crippen LogP contribution in [-0.2, 0) is 11.3 Å². The molecule has 0 saturated heterocycles. The molecule has 1 fully saturated rings. The topological polar surface area (TPSA) is 37.4 Å². The summed E-state index contributed by atoms with van der Waals surface area (Å²) in [4.78, 5) is 6.95. The quantitative estimate of drug-likeness (QED) is 0.741. The van der Waals surface area contributed by atoms with E-state index in [1.54, 1.807) is 0 Å². The van der Waals surface area contributed by atoms with Crippen molar-refractivity contribution in [2.24, 2.45) is 0 Å². The number of hydrogen-bond donors (Lipinski definition) is 1. The maximum absolute atomic E-state index is 5.45. The number of likely N-dealkylation sites (N-methyl/N-ethyl adjacent to an activating group) is 1. The van der Waals surface area contributed by atoms with Gasteiger partial charge in [0.05, 0.1) is 6.61 Å². The van der Waals surface area contributed by atoms with Crippen molar-refractivity contribution in [3.63, 3.8) is 0 Å². The van der Waals surface area contributed by atoms with E-state index < -0.39 is 0 Å². The van der Waals surface area contributed by atoms with E-state index in [1.807, 2.05) is 6.92 Å². The minimum atomic E-state index is 0.720. The van der Waals surface area contributed by atoms with Gasteiger partial charge in [-0.15, -0.1) is 0 Å². The molecule has 0 aliphatic heterocycles. The summed E-state index contributed by atoms with van der Waals surface area (Å²) in [5.74, 6) is 1.09. The molecule has 112 valence electrons. The Balaban J connectivity index is 2.10. The van der Waals surface area contributed by atoms with Crippen LogP contribution in [0.5, 0.6) is 0 Å². The first-order valence-corrected chi connectivity index (χ1v) is 7.61. The Hall–Kier alpha value is -1.13. The lowest BCUT2D eigenvalue weighted by Gasteiger charge is -2.23. The Labute approximate surface area is 122 Å². The summed E-state index contributed by atoms with van der Waals surface area (Å²) >= 11 is 0. The smallest absolute Gasteiger partial charge is 0.133 e. The van der Waals surface area contributed by atoms with E-state index in [1.165, 1.54) is 24.0 Å². The first kappa shape index (κ1) is 15.3. The third kappa shape index (κ3) is 4.18. The third-order valence-corrected chi connectivity index (χ3v) is 3.74. The average Bonchev–Trinajstić information content (AvgIpc) is 3.21. The maximum atomic E-state index is 5.45. The Morgan fingerprint density at radius 1 is 1.40 bits per heavy atom. The Morgan fingerprint density at radius 3 is 2.80 bits per heavy atom. The molecule has 1 aliphatic rings. The zero-order valence-electron chi connectivity index (χ0n) is 13.2. The lowest BCUT2D eigenvalue weighted by Crippen LogP contribution is -2.27. The molecule has 1 heterocycles. The molecule has 2 rings (SSSR count). The molecule has 20 heavy (non-hydrogen) atoms. The molecule has 0 unspecified atom stereocenters. The summed E-state index contributed by atoms with van der Waals surface area (Å²) in [5, 5.41) is 3.60. The molecule has 0 spiro atoms. The Morgan fingerprint density at radius 2 is 2.15 bits per heavy atom. The van der Waals surface area contributed by atoms with Crippen LogP contribution in [0, 0.1) is 13.8 Å². The summed E-state index contributed by atoms with van der Waals surface area (Å²) in [6.07, 6.45) is 2.63. The van der Waals surface area contributed by atoms with Crippen LogP contribution in [0.2, 0.25) is 0 Å². The van der Waals surface area contributed by atoms with Gasteiger partial charge in [-0.1, -0.05) is 0 Å². The van der Waals surface area contributed by atoms with Crippen molar-refractivity contribution in [1.82, 2.24) is 10.3 Å². The van der Waals surface area contributed by atoms with E-state index in [0.29, 0.717) is 0 Å². The van der Waals surface area contributed by atoms with E-state index in [0.717, 1.165) is 43.9 Å². The monoisotopic (exact) mass is 277 g/mol. The van der Waals surface area contributed by atoms with Crippen LogP contribution >= 0.6 is 0 Å². The van der Waals surface area contributed by atoms with Crippen LogP contribution in [0.25, 0.3) is 0 Å². The fourth-order valence-corrected chi connectivity index (χ4v) is 2.36. The van der Waals surface area contributed by atoms with Gasteiger partial charge in [0.15, 0.2) is 0 Å². The second-order valence-electron chi connectivity index (χ2n) is 5.66. The van der Waals surface area contributed by atoms with E-state index in [4.69, 9.17) is 9.72 Å². The number of rotatable bonds is 8. The minimum absolute atomic E-state index is 0.720. The van der Waals surface area contributed by atoms with Crippen molar-refractivity contribution in [3.8, 4) is 0 Å². The maximum Gasteiger partial charge on any atom is 0.133 e. The van der Waals surface area contributed by atoms with Gasteiger partial charge < -0.3 is 15.0 Å². The van der Waals surface area contributed by atoms with Crippen molar-refractivity contribution >= 4 is 5.82 Å². The number of nitrogens with one attached hydrogen (secondary N) is 1. The number of hydrogen-bond acceptors (Lipinski definition) is 4. The molecule has 4 heteroatoms. The molecule has 0 aromatic carbocycles. The Bertz CT molecular complexity index is 444. The number of ether oxygens (including phenoxy) is 1. The molecule has 1 aromatic rings. The van der Waals surface area contributed by atoms with Crippen molar-refractivity contribution in [2.75, 3.05) is 31.7 Å². The van der Waals surface area contributed by atoms with E-state index in [-0.39, 0.29) is 0 Å². The first-order valence-electron chi connectivity index (χ1n) is 7.61. The number of nitrogens with zero attached hydrogens (tertiary/aromatic N) is 2. The van der Waals surface area contributed by atoms with E-state index >= 15 is 0 Å². The molecule has 0 radical (unpaired) electrons. The van der Waals surface area contributed by atoms with Crippen molar-refractivity contribution in [1.29, 1.82) is 0 Å². The normalized spacial score (nSPS) is 14.6. The van der Waals surface area contributed by atoms with Gasteiger partial charge in [-0.25, -0.2) is 4.98 Å². The molecular formula is C16H27N3O.